The van der Waals surface area contributed by atoms with Crippen LogP contribution in [0.15, 0.2) is 64.8 Å². The Hall–Kier alpha value is -2.88. The van der Waals surface area contributed by atoms with Gasteiger partial charge in [-0.3, -0.25) is 0 Å². The highest BCUT2D eigenvalue weighted by atomic mass is 16.3. The second kappa shape index (κ2) is 6.55. The molecule has 128 valence electrons. The molecule has 0 heterocycles. The highest BCUT2D eigenvalue weighted by Gasteiger charge is 2.19. The summed E-state index contributed by atoms with van der Waals surface area (Å²) in [7, 11) is 0. The molecule has 4 nitrogen and oxygen atoms in total. The van der Waals surface area contributed by atoms with Crippen LogP contribution in [0.4, 0.5) is 11.4 Å². The van der Waals surface area contributed by atoms with Crippen molar-refractivity contribution in [2.75, 3.05) is 0 Å². The molecule has 0 fully saturated rings. The molecule has 0 atom stereocenters. The maximum Gasteiger partial charge on any atom is 0.143 e. The molecule has 4 heteroatoms. The van der Waals surface area contributed by atoms with Crippen LogP contribution < -0.4 is 0 Å². The second-order valence-electron chi connectivity index (χ2n) is 6.80. The highest BCUT2D eigenvalue weighted by molar-refractivity contribution is 5.95. The molecular formula is C21H22N2O2. The first kappa shape index (κ1) is 17.0. The molecule has 0 bridgehead atoms. The number of benzene rings is 3. The van der Waals surface area contributed by atoms with Crippen molar-refractivity contribution in [2.45, 2.75) is 32.6 Å². The quantitative estimate of drug-likeness (QED) is 0.546. The predicted octanol–water partition coefficient (Wildman–Crippen LogP) is 6.35. The number of hydrogen-bond donors (Lipinski definition) is 2. The lowest BCUT2D eigenvalue weighted by atomic mass is 9.82. The summed E-state index contributed by atoms with van der Waals surface area (Å²) in [4.78, 5) is 0. The lowest BCUT2D eigenvalue weighted by Crippen LogP contribution is -2.14. The zero-order valence-electron chi connectivity index (χ0n) is 14.7. The van der Waals surface area contributed by atoms with E-state index in [0.29, 0.717) is 11.4 Å². The summed E-state index contributed by atoms with van der Waals surface area (Å²) in [6.07, 6.45) is 0.971. The molecule has 25 heavy (non-hydrogen) atoms. The predicted molar refractivity (Wildman–Crippen MR) is 101 cm³/mol. The van der Waals surface area contributed by atoms with Crippen molar-refractivity contribution in [3.8, 4) is 11.5 Å². The second-order valence-corrected chi connectivity index (χ2v) is 6.80. The number of hydrogen-bond acceptors (Lipinski definition) is 4. The molecular weight excluding hydrogens is 312 g/mol. The van der Waals surface area contributed by atoms with E-state index >= 15 is 0 Å². The van der Waals surface area contributed by atoms with Gasteiger partial charge in [0, 0.05) is 5.39 Å². The van der Waals surface area contributed by atoms with E-state index in [0.717, 1.165) is 22.8 Å². The van der Waals surface area contributed by atoms with Crippen molar-refractivity contribution >= 4 is 22.1 Å². The van der Waals surface area contributed by atoms with Gasteiger partial charge < -0.3 is 10.2 Å². The van der Waals surface area contributed by atoms with Crippen LogP contribution in [-0.2, 0) is 5.41 Å². The number of fused-ring (bicyclic) bond motifs is 1. The number of azo groups is 1. The minimum absolute atomic E-state index is 0.0143. The largest absolute Gasteiger partial charge is 0.506 e. The topological polar surface area (TPSA) is 65.2 Å². The molecule has 0 radical (unpaired) electrons. The van der Waals surface area contributed by atoms with Crippen LogP contribution >= 0.6 is 0 Å². The first-order valence-corrected chi connectivity index (χ1v) is 8.38. The fraction of sp³-hybridized carbons (Fsp3) is 0.238. The molecule has 0 aliphatic carbocycles. The van der Waals surface area contributed by atoms with E-state index < -0.39 is 0 Å². The zero-order valence-corrected chi connectivity index (χ0v) is 14.7. The molecule has 3 rings (SSSR count). The molecule has 0 aromatic heterocycles. The number of aromatic hydroxyl groups is 2. The fourth-order valence-corrected chi connectivity index (χ4v) is 2.68. The smallest absolute Gasteiger partial charge is 0.143 e. The van der Waals surface area contributed by atoms with Crippen LogP contribution in [0.25, 0.3) is 10.8 Å². The summed E-state index contributed by atoms with van der Waals surface area (Å²) < 4.78 is 0. The number of nitrogens with zero attached hydrogens (tertiary/aromatic N) is 2. The Morgan fingerprint density at radius 2 is 1.60 bits per heavy atom. The zero-order chi connectivity index (χ0) is 18.0. The summed E-state index contributed by atoms with van der Waals surface area (Å²) in [6.45, 7) is 6.43. The molecule has 0 spiro atoms. The summed E-state index contributed by atoms with van der Waals surface area (Å²) in [6, 6.07) is 16.5. The minimum Gasteiger partial charge on any atom is -0.506 e. The van der Waals surface area contributed by atoms with Crippen molar-refractivity contribution in [1.82, 2.24) is 0 Å². The molecule has 0 aliphatic heterocycles. The lowest BCUT2D eigenvalue weighted by molar-refractivity contribution is 0.471. The molecule has 0 saturated carbocycles. The first-order chi connectivity index (χ1) is 11.9. The van der Waals surface area contributed by atoms with Crippen LogP contribution in [0.1, 0.15) is 32.8 Å². The number of phenols is 2. The van der Waals surface area contributed by atoms with Crippen LogP contribution in [0.2, 0.25) is 0 Å². The van der Waals surface area contributed by atoms with Crippen molar-refractivity contribution < 1.29 is 10.2 Å². The van der Waals surface area contributed by atoms with Gasteiger partial charge in [-0.15, -0.1) is 10.2 Å². The van der Waals surface area contributed by atoms with Crippen molar-refractivity contribution in [3.05, 3.63) is 60.2 Å². The number of rotatable bonds is 4. The van der Waals surface area contributed by atoms with Crippen molar-refractivity contribution in [3.63, 3.8) is 0 Å². The minimum atomic E-state index is -0.0143. The van der Waals surface area contributed by atoms with E-state index in [2.05, 4.69) is 31.0 Å². The van der Waals surface area contributed by atoms with Gasteiger partial charge in [-0.2, -0.15) is 0 Å². The third-order valence-electron chi connectivity index (χ3n) is 4.78. The van der Waals surface area contributed by atoms with Crippen molar-refractivity contribution in [1.29, 1.82) is 0 Å². The SMILES string of the molecule is CCC(C)(C)c1ccc(O)c(N=Nc2c(O)ccc3ccccc23)c1. The molecule has 2 N–H and O–H groups in total. The van der Waals surface area contributed by atoms with Crippen LogP contribution in [0, 0.1) is 0 Å². The average molecular weight is 334 g/mol. The summed E-state index contributed by atoms with van der Waals surface area (Å²) in [5.41, 5.74) is 1.87. The lowest BCUT2D eigenvalue weighted by Gasteiger charge is -2.23. The standard InChI is InChI=1S/C21H22N2O2/c1-4-21(2,3)15-10-12-18(24)17(13-15)22-23-20-16-8-6-5-7-14(16)9-11-19(20)25/h5-13,24-25H,4H2,1-3H3. The van der Waals surface area contributed by atoms with Gasteiger partial charge in [-0.05, 0) is 41.0 Å². The van der Waals surface area contributed by atoms with Crippen molar-refractivity contribution in [2.24, 2.45) is 10.2 Å². The van der Waals surface area contributed by atoms with Gasteiger partial charge in [0.05, 0.1) is 0 Å². The Labute approximate surface area is 147 Å². The van der Waals surface area contributed by atoms with Gasteiger partial charge in [-0.1, -0.05) is 57.2 Å². The molecule has 0 aliphatic rings. The maximum absolute atomic E-state index is 10.2. The monoisotopic (exact) mass is 334 g/mol. The van der Waals surface area contributed by atoms with E-state index in [1.807, 2.05) is 42.5 Å². The Morgan fingerprint density at radius 3 is 2.36 bits per heavy atom. The summed E-state index contributed by atoms with van der Waals surface area (Å²) in [5.74, 6) is 0.131. The van der Waals surface area contributed by atoms with Gasteiger partial charge in [0.15, 0.2) is 0 Å². The molecule has 0 saturated heterocycles. The third kappa shape index (κ3) is 3.33. The Kier molecular flexibility index (Phi) is 4.45. The average Bonchev–Trinajstić information content (AvgIpc) is 2.62. The van der Waals surface area contributed by atoms with E-state index in [-0.39, 0.29) is 16.9 Å². The van der Waals surface area contributed by atoms with Crippen LogP contribution in [-0.4, -0.2) is 10.2 Å². The Balaban J connectivity index is 2.06. The van der Waals surface area contributed by atoms with E-state index in [1.54, 1.807) is 12.1 Å². The molecule has 0 amide bonds. The van der Waals surface area contributed by atoms with Gasteiger partial charge in [0.1, 0.15) is 22.9 Å². The van der Waals surface area contributed by atoms with Crippen LogP contribution in [0.5, 0.6) is 11.5 Å². The van der Waals surface area contributed by atoms with E-state index in [1.165, 1.54) is 0 Å². The first-order valence-electron chi connectivity index (χ1n) is 8.38. The van der Waals surface area contributed by atoms with E-state index in [4.69, 9.17) is 0 Å². The summed E-state index contributed by atoms with van der Waals surface area (Å²) in [5, 5.41) is 30.5. The van der Waals surface area contributed by atoms with Gasteiger partial charge in [0.25, 0.3) is 0 Å². The Bertz CT molecular complexity index is 946. The normalized spacial score (nSPS) is 12.1. The van der Waals surface area contributed by atoms with Gasteiger partial charge in [0.2, 0.25) is 0 Å². The summed E-state index contributed by atoms with van der Waals surface area (Å²) >= 11 is 0. The number of phenolic OH excluding ortho intramolecular Hbond substituents is 2. The third-order valence-corrected chi connectivity index (χ3v) is 4.78. The maximum atomic E-state index is 10.2. The van der Waals surface area contributed by atoms with E-state index in [9.17, 15) is 10.2 Å². The molecule has 3 aromatic rings. The molecule has 0 unspecified atom stereocenters. The Morgan fingerprint density at radius 1 is 0.880 bits per heavy atom. The van der Waals surface area contributed by atoms with Gasteiger partial charge >= 0.3 is 0 Å². The van der Waals surface area contributed by atoms with Crippen LogP contribution in [0.3, 0.4) is 0 Å². The molecule has 3 aromatic carbocycles. The van der Waals surface area contributed by atoms with Gasteiger partial charge in [-0.25, -0.2) is 0 Å². The highest BCUT2D eigenvalue weighted by Crippen LogP contribution is 2.38. The fourth-order valence-electron chi connectivity index (χ4n) is 2.68.